The second kappa shape index (κ2) is 6.44. The first kappa shape index (κ1) is 15.0. The van der Waals surface area contributed by atoms with E-state index in [2.05, 4.69) is 4.98 Å². The summed E-state index contributed by atoms with van der Waals surface area (Å²) >= 11 is 0. The Morgan fingerprint density at radius 1 is 1.13 bits per heavy atom. The third-order valence-corrected chi connectivity index (χ3v) is 3.38. The number of aryl methyl sites for hydroxylation is 1. The molecule has 23 heavy (non-hydrogen) atoms. The molecule has 0 unspecified atom stereocenters. The average molecular weight is 311 g/mol. The van der Waals surface area contributed by atoms with Crippen LogP contribution < -0.4 is 4.74 Å². The van der Waals surface area contributed by atoms with E-state index < -0.39 is 0 Å². The van der Waals surface area contributed by atoms with E-state index in [4.69, 9.17) is 9.15 Å². The number of ether oxygens (including phenoxy) is 1. The fraction of sp³-hybridized carbons (Fsp3) is 0.111. The number of nitrogens with zero attached hydrogens (tertiary/aromatic N) is 1. The Labute approximate surface area is 132 Å². The average Bonchev–Trinajstić information content (AvgIpc) is 2.95. The Bertz CT molecular complexity index is 807. The molecule has 0 spiro atoms. The van der Waals surface area contributed by atoms with Gasteiger partial charge in [0.1, 0.15) is 35.9 Å². The van der Waals surface area contributed by atoms with Crippen molar-refractivity contribution in [1.29, 1.82) is 0 Å². The molecule has 0 aliphatic heterocycles. The number of carbonyl (C=O) groups is 1. The molecule has 0 amide bonds. The van der Waals surface area contributed by atoms with Gasteiger partial charge in [-0.05, 0) is 55.5 Å². The normalized spacial score (nSPS) is 10.5. The minimum Gasteiger partial charge on any atom is -0.487 e. The van der Waals surface area contributed by atoms with Gasteiger partial charge in [-0.25, -0.2) is 9.37 Å². The molecule has 3 rings (SSSR count). The smallest absolute Gasteiger partial charge is 0.226 e. The largest absolute Gasteiger partial charge is 0.487 e. The monoisotopic (exact) mass is 311 g/mol. The number of carbonyl (C=O) groups excluding carboxylic acids is 1. The first-order chi connectivity index (χ1) is 11.2. The molecule has 0 aliphatic rings. The van der Waals surface area contributed by atoms with Crippen LogP contribution in [0.5, 0.6) is 5.75 Å². The van der Waals surface area contributed by atoms with Crippen molar-refractivity contribution < 1.29 is 18.3 Å². The summed E-state index contributed by atoms with van der Waals surface area (Å²) in [6.45, 7) is 2.05. The zero-order valence-corrected chi connectivity index (χ0v) is 12.5. The van der Waals surface area contributed by atoms with Crippen molar-refractivity contribution in [3.8, 4) is 17.2 Å². The van der Waals surface area contributed by atoms with E-state index in [1.807, 2.05) is 0 Å². The van der Waals surface area contributed by atoms with Crippen LogP contribution in [0.25, 0.3) is 11.5 Å². The first-order valence-electron chi connectivity index (χ1n) is 7.06. The summed E-state index contributed by atoms with van der Waals surface area (Å²) in [5, 5.41) is 0. The SMILES string of the molecule is Cc1oc(-c2ccc(F)cc2)nc1COc1ccc(C=O)cc1. The summed E-state index contributed by atoms with van der Waals surface area (Å²) in [4.78, 5) is 15.0. The topological polar surface area (TPSA) is 52.3 Å². The second-order valence-electron chi connectivity index (χ2n) is 5.00. The van der Waals surface area contributed by atoms with Crippen LogP contribution in [0, 0.1) is 12.7 Å². The molecule has 0 radical (unpaired) electrons. The number of aromatic nitrogens is 1. The summed E-state index contributed by atoms with van der Waals surface area (Å²) in [6.07, 6.45) is 0.778. The zero-order valence-electron chi connectivity index (χ0n) is 12.5. The number of halogens is 1. The van der Waals surface area contributed by atoms with Crippen molar-refractivity contribution in [2.24, 2.45) is 0 Å². The van der Waals surface area contributed by atoms with Gasteiger partial charge in [-0.3, -0.25) is 4.79 Å². The van der Waals surface area contributed by atoms with E-state index in [0.717, 1.165) is 6.29 Å². The molecule has 0 aliphatic carbocycles. The Hall–Kier alpha value is -2.95. The molecule has 0 saturated carbocycles. The van der Waals surface area contributed by atoms with Gasteiger partial charge >= 0.3 is 0 Å². The maximum Gasteiger partial charge on any atom is 0.226 e. The maximum absolute atomic E-state index is 13.0. The van der Waals surface area contributed by atoms with Crippen LogP contribution in [0.3, 0.4) is 0 Å². The number of rotatable bonds is 5. The number of hydrogen-bond donors (Lipinski definition) is 0. The van der Waals surface area contributed by atoms with Crippen LogP contribution in [0.4, 0.5) is 4.39 Å². The molecule has 4 nitrogen and oxygen atoms in total. The van der Waals surface area contributed by atoms with E-state index in [9.17, 15) is 9.18 Å². The van der Waals surface area contributed by atoms with E-state index >= 15 is 0 Å². The van der Waals surface area contributed by atoms with Gasteiger partial charge in [-0.15, -0.1) is 0 Å². The highest BCUT2D eigenvalue weighted by molar-refractivity contribution is 5.74. The summed E-state index contributed by atoms with van der Waals surface area (Å²) in [7, 11) is 0. The van der Waals surface area contributed by atoms with Gasteiger partial charge in [0.05, 0.1) is 0 Å². The van der Waals surface area contributed by atoms with Crippen LogP contribution in [-0.4, -0.2) is 11.3 Å². The summed E-state index contributed by atoms with van der Waals surface area (Å²) in [5.74, 6) is 1.41. The third kappa shape index (κ3) is 3.45. The molecular formula is C18H14FNO3. The summed E-state index contributed by atoms with van der Waals surface area (Å²) < 4.78 is 24.2. The minimum absolute atomic E-state index is 0.247. The van der Waals surface area contributed by atoms with Crippen LogP contribution in [0.1, 0.15) is 21.8 Å². The van der Waals surface area contributed by atoms with Gasteiger partial charge in [0, 0.05) is 11.1 Å². The summed E-state index contributed by atoms with van der Waals surface area (Å²) in [5.41, 5.74) is 1.97. The molecular weight excluding hydrogens is 297 g/mol. The Morgan fingerprint density at radius 2 is 1.83 bits per heavy atom. The van der Waals surface area contributed by atoms with E-state index in [1.165, 1.54) is 12.1 Å². The second-order valence-corrected chi connectivity index (χ2v) is 5.00. The molecule has 0 saturated heterocycles. The van der Waals surface area contributed by atoms with Gasteiger partial charge < -0.3 is 9.15 Å². The van der Waals surface area contributed by atoms with Crippen LogP contribution in [0.15, 0.2) is 52.9 Å². The first-order valence-corrected chi connectivity index (χ1v) is 7.06. The molecule has 0 atom stereocenters. The van der Waals surface area contributed by atoms with Gasteiger partial charge in [-0.1, -0.05) is 0 Å². The van der Waals surface area contributed by atoms with Crippen LogP contribution in [-0.2, 0) is 6.61 Å². The molecule has 0 fully saturated rings. The van der Waals surface area contributed by atoms with Crippen molar-refractivity contribution in [3.63, 3.8) is 0 Å². The highest BCUT2D eigenvalue weighted by atomic mass is 19.1. The number of oxazole rings is 1. The van der Waals surface area contributed by atoms with Crippen molar-refractivity contribution in [1.82, 2.24) is 4.98 Å². The predicted molar refractivity (Wildman–Crippen MR) is 82.8 cm³/mol. The lowest BCUT2D eigenvalue weighted by Gasteiger charge is -2.04. The fourth-order valence-electron chi connectivity index (χ4n) is 2.07. The van der Waals surface area contributed by atoms with E-state index in [0.29, 0.717) is 34.2 Å². The Morgan fingerprint density at radius 3 is 2.48 bits per heavy atom. The van der Waals surface area contributed by atoms with Crippen LogP contribution in [0.2, 0.25) is 0 Å². The molecule has 0 N–H and O–H groups in total. The van der Waals surface area contributed by atoms with Crippen molar-refractivity contribution in [2.75, 3.05) is 0 Å². The number of benzene rings is 2. The third-order valence-electron chi connectivity index (χ3n) is 3.38. The lowest BCUT2D eigenvalue weighted by molar-refractivity contribution is 0.112. The van der Waals surface area contributed by atoms with E-state index in [-0.39, 0.29) is 12.4 Å². The lowest BCUT2D eigenvalue weighted by Crippen LogP contribution is -1.97. The zero-order chi connectivity index (χ0) is 16.2. The fourth-order valence-corrected chi connectivity index (χ4v) is 2.07. The lowest BCUT2D eigenvalue weighted by atomic mass is 10.2. The predicted octanol–water partition coefficient (Wildman–Crippen LogP) is 4.18. The molecule has 116 valence electrons. The quantitative estimate of drug-likeness (QED) is 0.663. The highest BCUT2D eigenvalue weighted by Gasteiger charge is 2.12. The van der Waals surface area contributed by atoms with Gasteiger partial charge in [0.25, 0.3) is 0 Å². The Balaban J connectivity index is 1.73. The Kier molecular flexibility index (Phi) is 4.19. The van der Waals surface area contributed by atoms with Crippen molar-refractivity contribution >= 4 is 6.29 Å². The number of aldehydes is 1. The van der Waals surface area contributed by atoms with Crippen molar-refractivity contribution in [3.05, 3.63) is 71.4 Å². The van der Waals surface area contributed by atoms with Gasteiger partial charge in [-0.2, -0.15) is 0 Å². The van der Waals surface area contributed by atoms with Gasteiger partial charge in [0.2, 0.25) is 5.89 Å². The highest BCUT2D eigenvalue weighted by Crippen LogP contribution is 2.23. The number of hydrogen-bond acceptors (Lipinski definition) is 4. The molecule has 1 aromatic heterocycles. The van der Waals surface area contributed by atoms with Gasteiger partial charge in [0.15, 0.2) is 0 Å². The van der Waals surface area contributed by atoms with Crippen molar-refractivity contribution in [2.45, 2.75) is 13.5 Å². The van der Waals surface area contributed by atoms with E-state index in [1.54, 1.807) is 43.3 Å². The minimum atomic E-state index is -0.306. The van der Waals surface area contributed by atoms with Crippen LogP contribution >= 0.6 is 0 Å². The standard InChI is InChI=1S/C18H14FNO3/c1-12-17(11-22-16-8-2-13(10-21)3-9-16)20-18(23-12)14-4-6-15(19)7-5-14/h2-10H,11H2,1H3. The molecule has 0 bridgehead atoms. The molecule has 1 heterocycles. The molecule has 3 aromatic rings. The molecule has 5 heteroatoms. The summed E-state index contributed by atoms with van der Waals surface area (Å²) in [6, 6.07) is 12.8. The maximum atomic E-state index is 13.0. The molecule has 2 aromatic carbocycles.